The largest absolute Gasteiger partial charge is 0.467 e. The van der Waals surface area contributed by atoms with Crippen molar-refractivity contribution < 1.29 is 24.3 Å². The number of amides is 2. The molecule has 0 aliphatic heterocycles. The summed E-state index contributed by atoms with van der Waals surface area (Å²) in [6.07, 6.45) is 6.57. The first-order valence-electron chi connectivity index (χ1n) is 8.77. The molecule has 26 heavy (non-hydrogen) atoms. The highest BCUT2D eigenvalue weighted by Gasteiger charge is 2.22. The number of rotatable bonds is 12. The summed E-state index contributed by atoms with van der Waals surface area (Å²) in [7, 11) is 1.29. The average molecular weight is 365 g/mol. The van der Waals surface area contributed by atoms with E-state index in [-0.39, 0.29) is 18.2 Å². The molecule has 144 valence electrons. The van der Waals surface area contributed by atoms with Crippen LogP contribution in [-0.4, -0.2) is 41.1 Å². The first-order valence-corrected chi connectivity index (χ1v) is 8.77. The maximum absolute atomic E-state index is 12.1. The number of hydrogen-bond acceptors (Lipinski definition) is 6. The van der Waals surface area contributed by atoms with Crippen molar-refractivity contribution in [3.8, 4) is 0 Å². The lowest BCUT2D eigenvalue weighted by atomic mass is 10.1. The lowest BCUT2D eigenvalue weighted by Gasteiger charge is -2.16. The van der Waals surface area contributed by atoms with E-state index in [1.165, 1.54) is 7.11 Å². The molecule has 0 bridgehead atoms. The molecule has 8 heteroatoms. The number of carbonyl (C=O) groups is 3. The van der Waals surface area contributed by atoms with E-state index in [1.807, 2.05) is 6.07 Å². The van der Waals surface area contributed by atoms with Gasteiger partial charge in [0, 0.05) is 31.2 Å². The molecule has 1 aromatic rings. The summed E-state index contributed by atoms with van der Waals surface area (Å²) in [5.41, 5.74) is 2.30. The first-order chi connectivity index (χ1) is 12.6. The Hall–Kier alpha value is -2.48. The number of ether oxygens (including phenoxy) is 1. The molecule has 0 unspecified atom stereocenters. The van der Waals surface area contributed by atoms with Crippen LogP contribution in [0.1, 0.15) is 50.6 Å². The monoisotopic (exact) mass is 365 g/mol. The molecular formula is C18H27N3O5. The molecule has 8 nitrogen and oxygen atoms in total. The van der Waals surface area contributed by atoms with Gasteiger partial charge in [-0.05, 0) is 25.0 Å². The van der Waals surface area contributed by atoms with E-state index in [0.29, 0.717) is 31.4 Å². The van der Waals surface area contributed by atoms with Crippen molar-refractivity contribution in [2.45, 2.75) is 57.4 Å². The Labute approximate surface area is 153 Å². The highest BCUT2D eigenvalue weighted by molar-refractivity contribution is 5.84. The molecule has 0 radical (unpaired) electrons. The Balaban J connectivity index is 2.27. The number of hydroxylamine groups is 1. The third-order valence-electron chi connectivity index (χ3n) is 3.89. The highest BCUT2D eigenvalue weighted by Crippen LogP contribution is 2.08. The van der Waals surface area contributed by atoms with Crippen molar-refractivity contribution in [3.05, 3.63) is 30.1 Å². The molecule has 0 fully saturated rings. The second-order valence-electron chi connectivity index (χ2n) is 5.97. The average Bonchev–Trinajstić information content (AvgIpc) is 2.66. The van der Waals surface area contributed by atoms with E-state index >= 15 is 0 Å². The Morgan fingerprint density at radius 3 is 2.31 bits per heavy atom. The quantitative estimate of drug-likeness (QED) is 0.224. The Bertz CT molecular complexity index is 565. The van der Waals surface area contributed by atoms with Crippen LogP contribution < -0.4 is 10.8 Å². The number of nitrogens with zero attached hydrogens (tertiary/aromatic N) is 1. The van der Waals surface area contributed by atoms with Gasteiger partial charge in [-0.25, -0.2) is 10.3 Å². The van der Waals surface area contributed by atoms with Gasteiger partial charge in [-0.2, -0.15) is 0 Å². The Morgan fingerprint density at radius 2 is 1.73 bits per heavy atom. The van der Waals surface area contributed by atoms with Gasteiger partial charge < -0.3 is 10.1 Å². The molecule has 1 rings (SSSR count). The van der Waals surface area contributed by atoms with Crippen LogP contribution in [0, 0.1) is 0 Å². The molecule has 0 saturated heterocycles. The van der Waals surface area contributed by atoms with E-state index in [0.717, 1.165) is 19.3 Å². The van der Waals surface area contributed by atoms with Crippen molar-refractivity contribution in [3.63, 3.8) is 0 Å². The number of pyridine rings is 1. The van der Waals surface area contributed by atoms with Gasteiger partial charge in [0.2, 0.25) is 11.8 Å². The summed E-state index contributed by atoms with van der Waals surface area (Å²) in [6.45, 7) is 0. The first kappa shape index (κ1) is 21.6. The fourth-order valence-corrected chi connectivity index (χ4v) is 2.49. The Morgan fingerprint density at radius 1 is 1.08 bits per heavy atom. The topological polar surface area (TPSA) is 118 Å². The molecule has 0 spiro atoms. The Kier molecular flexibility index (Phi) is 10.6. The SMILES string of the molecule is COC(=O)[C@H](Cc1ccccn1)NC(=O)CCCCCCCC(=O)NO. The number of aromatic nitrogens is 1. The minimum atomic E-state index is -0.751. The van der Waals surface area contributed by atoms with Gasteiger partial charge in [0.25, 0.3) is 0 Å². The van der Waals surface area contributed by atoms with Crippen LogP contribution >= 0.6 is 0 Å². The molecule has 0 aliphatic rings. The maximum atomic E-state index is 12.1. The zero-order valence-electron chi connectivity index (χ0n) is 15.1. The number of unbranched alkanes of at least 4 members (excludes halogenated alkanes) is 4. The number of methoxy groups -OCH3 is 1. The van der Waals surface area contributed by atoms with Crippen molar-refractivity contribution in [2.75, 3.05) is 7.11 Å². The zero-order chi connectivity index (χ0) is 19.2. The zero-order valence-corrected chi connectivity index (χ0v) is 15.1. The minimum Gasteiger partial charge on any atom is -0.467 e. The molecule has 2 amide bonds. The van der Waals surface area contributed by atoms with Crippen LogP contribution in [0.3, 0.4) is 0 Å². The van der Waals surface area contributed by atoms with Gasteiger partial charge in [0.15, 0.2) is 0 Å². The molecule has 1 heterocycles. The second-order valence-corrected chi connectivity index (χ2v) is 5.97. The van der Waals surface area contributed by atoms with Gasteiger partial charge in [-0.15, -0.1) is 0 Å². The second kappa shape index (κ2) is 12.8. The van der Waals surface area contributed by atoms with E-state index in [4.69, 9.17) is 9.94 Å². The molecule has 0 aromatic carbocycles. The van der Waals surface area contributed by atoms with Crippen LogP contribution in [0.5, 0.6) is 0 Å². The van der Waals surface area contributed by atoms with Crippen LogP contribution in [-0.2, 0) is 25.5 Å². The van der Waals surface area contributed by atoms with Gasteiger partial charge in [-0.1, -0.05) is 25.3 Å². The normalized spacial score (nSPS) is 11.5. The van der Waals surface area contributed by atoms with Crippen LogP contribution in [0.2, 0.25) is 0 Å². The summed E-state index contributed by atoms with van der Waals surface area (Å²) in [5, 5.41) is 11.1. The van der Waals surface area contributed by atoms with E-state index in [1.54, 1.807) is 23.8 Å². The minimum absolute atomic E-state index is 0.198. The predicted molar refractivity (Wildman–Crippen MR) is 94.1 cm³/mol. The summed E-state index contributed by atoms with van der Waals surface area (Å²) in [6, 6.07) is 4.65. The maximum Gasteiger partial charge on any atom is 0.328 e. The van der Waals surface area contributed by atoms with Crippen LogP contribution in [0.25, 0.3) is 0 Å². The van der Waals surface area contributed by atoms with Gasteiger partial charge >= 0.3 is 5.97 Å². The number of esters is 1. The number of carbonyl (C=O) groups excluding carboxylic acids is 3. The predicted octanol–water partition coefficient (Wildman–Crippen LogP) is 1.52. The fraction of sp³-hybridized carbons (Fsp3) is 0.556. The fourth-order valence-electron chi connectivity index (χ4n) is 2.49. The summed E-state index contributed by atoms with van der Waals surface area (Å²) in [4.78, 5) is 38.9. The van der Waals surface area contributed by atoms with E-state index < -0.39 is 12.0 Å². The number of hydrogen-bond donors (Lipinski definition) is 3. The van der Waals surface area contributed by atoms with Crippen LogP contribution in [0.15, 0.2) is 24.4 Å². The summed E-state index contributed by atoms with van der Waals surface area (Å²) >= 11 is 0. The third kappa shape index (κ3) is 9.12. The highest BCUT2D eigenvalue weighted by atomic mass is 16.5. The van der Waals surface area contributed by atoms with Gasteiger partial charge in [0.05, 0.1) is 7.11 Å². The van der Waals surface area contributed by atoms with E-state index in [2.05, 4.69) is 10.3 Å². The molecule has 1 aromatic heterocycles. The van der Waals surface area contributed by atoms with Crippen molar-refractivity contribution >= 4 is 17.8 Å². The van der Waals surface area contributed by atoms with Crippen LogP contribution in [0.4, 0.5) is 0 Å². The summed E-state index contributed by atoms with van der Waals surface area (Å²) in [5.74, 6) is -1.08. The van der Waals surface area contributed by atoms with E-state index in [9.17, 15) is 14.4 Å². The molecule has 0 aliphatic carbocycles. The summed E-state index contributed by atoms with van der Waals surface area (Å²) < 4.78 is 4.75. The van der Waals surface area contributed by atoms with Crippen molar-refractivity contribution in [2.24, 2.45) is 0 Å². The van der Waals surface area contributed by atoms with Gasteiger partial charge in [-0.3, -0.25) is 19.8 Å². The molecule has 1 atom stereocenters. The molecular weight excluding hydrogens is 338 g/mol. The van der Waals surface area contributed by atoms with Gasteiger partial charge in [0.1, 0.15) is 6.04 Å². The smallest absolute Gasteiger partial charge is 0.328 e. The molecule has 3 N–H and O–H groups in total. The number of nitrogens with one attached hydrogen (secondary N) is 2. The third-order valence-corrected chi connectivity index (χ3v) is 3.89. The lowest BCUT2D eigenvalue weighted by molar-refractivity contribution is -0.145. The van der Waals surface area contributed by atoms with Crippen molar-refractivity contribution in [1.29, 1.82) is 0 Å². The van der Waals surface area contributed by atoms with Crippen molar-refractivity contribution in [1.82, 2.24) is 15.8 Å². The molecule has 0 saturated carbocycles. The standard InChI is InChI=1S/C18H27N3O5/c1-26-18(24)15(13-14-9-7-8-12-19-14)20-16(22)10-5-3-2-4-6-11-17(23)21-25/h7-9,12,15,25H,2-6,10-11,13H2,1H3,(H,20,22)(H,21,23)/t15-/m0/s1. The lowest BCUT2D eigenvalue weighted by Crippen LogP contribution is -2.43.